The van der Waals surface area contributed by atoms with E-state index in [9.17, 15) is 4.79 Å². The third-order valence-electron chi connectivity index (χ3n) is 2.04. The second kappa shape index (κ2) is 4.22. The van der Waals surface area contributed by atoms with E-state index >= 15 is 0 Å². The lowest BCUT2D eigenvalue weighted by Gasteiger charge is -2.36. The van der Waals surface area contributed by atoms with Crippen LogP contribution in [0, 0.1) is 0 Å². The Morgan fingerprint density at radius 1 is 1.67 bits per heavy atom. The van der Waals surface area contributed by atoms with Gasteiger partial charge in [-0.15, -0.1) is 0 Å². The van der Waals surface area contributed by atoms with Gasteiger partial charge in [0.2, 0.25) is 0 Å². The molecular formula is C6H12BN2O2P. The summed E-state index contributed by atoms with van der Waals surface area (Å²) in [4.78, 5) is 12.5. The van der Waals surface area contributed by atoms with E-state index in [1.54, 1.807) is 4.90 Å². The van der Waals surface area contributed by atoms with Gasteiger partial charge in [-0.25, -0.2) is 0 Å². The topological polar surface area (TPSA) is 43.8 Å². The Labute approximate surface area is 75.6 Å². The Bertz CT molecular complexity index is 181. The van der Waals surface area contributed by atoms with Crippen LogP contribution in [0.4, 0.5) is 0 Å². The largest absolute Gasteiger partial charge is 0.480 e. The summed E-state index contributed by atoms with van der Waals surface area (Å²) < 4.78 is 1.92. The van der Waals surface area contributed by atoms with Gasteiger partial charge in [0.15, 0.2) is 0 Å². The lowest BCUT2D eigenvalue weighted by molar-refractivity contribution is -0.144. The monoisotopic (exact) mass is 186 g/mol. The molecule has 1 saturated heterocycles. The molecule has 2 radical (unpaired) electrons. The van der Waals surface area contributed by atoms with Gasteiger partial charge in [0, 0.05) is 19.6 Å². The summed E-state index contributed by atoms with van der Waals surface area (Å²) in [5, 5.41) is 8.82. The zero-order valence-corrected chi connectivity index (χ0v) is 7.97. The van der Waals surface area contributed by atoms with E-state index in [4.69, 9.17) is 13.0 Å². The van der Waals surface area contributed by atoms with Crippen LogP contribution in [0.3, 0.4) is 0 Å². The Morgan fingerprint density at radius 2 is 2.33 bits per heavy atom. The van der Waals surface area contributed by atoms with Crippen LogP contribution in [0.25, 0.3) is 0 Å². The highest BCUT2D eigenvalue weighted by molar-refractivity contribution is 7.13. The zero-order valence-electron chi connectivity index (χ0n) is 6.81. The number of aliphatic carboxylic acids is 1. The fraction of sp³-hybridized carbons (Fsp3) is 0.833. The molecule has 0 aromatic heterocycles. The van der Waals surface area contributed by atoms with Gasteiger partial charge in [0.05, 0.1) is 7.85 Å². The van der Waals surface area contributed by atoms with Crippen molar-refractivity contribution in [3.05, 3.63) is 0 Å². The van der Waals surface area contributed by atoms with E-state index in [-0.39, 0.29) is 0 Å². The number of hydrogen-bond donors (Lipinski definition) is 1. The number of carboxylic acid groups (broad SMARTS) is 1. The van der Waals surface area contributed by atoms with Crippen molar-refractivity contribution in [3.8, 4) is 0 Å². The summed E-state index contributed by atoms with van der Waals surface area (Å²) in [7, 11) is 7.93. The Kier molecular flexibility index (Phi) is 3.50. The van der Waals surface area contributed by atoms with Crippen molar-refractivity contribution in [3.63, 3.8) is 0 Å². The van der Waals surface area contributed by atoms with Crippen LogP contribution in [0.1, 0.15) is 0 Å². The maximum Gasteiger partial charge on any atom is 0.322 e. The van der Waals surface area contributed by atoms with Crippen LogP contribution in [-0.2, 0) is 4.79 Å². The standard InChI is InChI=1S/C6H12BN2O2P/c7-4-8-1-2-9(12)3-5(8)6(10)11/h5H,1-4,12H2,(H,10,11). The van der Waals surface area contributed by atoms with E-state index in [0.29, 0.717) is 13.0 Å². The van der Waals surface area contributed by atoms with Crippen molar-refractivity contribution < 1.29 is 9.90 Å². The maximum absolute atomic E-state index is 10.7. The molecule has 1 aliphatic heterocycles. The number of piperazine rings is 1. The highest BCUT2D eigenvalue weighted by Gasteiger charge is 2.29. The first-order valence-electron chi connectivity index (χ1n) is 3.81. The maximum atomic E-state index is 10.7. The highest BCUT2D eigenvalue weighted by Crippen LogP contribution is 2.12. The SMILES string of the molecule is [B]CN1CCN(P)CC1C(=O)O. The second-order valence-electron chi connectivity index (χ2n) is 2.84. The zero-order chi connectivity index (χ0) is 9.14. The summed E-state index contributed by atoms with van der Waals surface area (Å²) in [5.74, 6) is -0.799. The summed E-state index contributed by atoms with van der Waals surface area (Å²) >= 11 is 0. The first-order valence-corrected chi connectivity index (χ1v) is 4.33. The molecule has 1 heterocycles. The minimum absolute atomic E-state index is 0.315. The van der Waals surface area contributed by atoms with Crippen molar-refractivity contribution >= 4 is 23.2 Å². The minimum atomic E-state index is -0.799. The third-order valence-corrected chi connectivity index (χ3v) is 2.51. The summed E-state index contributed by atoms with van der Waals surface area (Å²) in [6.07, 6.45) is 0.315. The molecule has 1 aliphatic rings. The number of hydrogen-bond acceptors (Lipinski definition) is 3. The van der Waals surface area contributed by atoms with E-state index < -0.39 is 12.0 Å². The Hall–Kier alpha value is -0.115. The molecule has 4 nitrogen and oxygen atoms in total. The number of carbonyl (C=O) groups is 1. The fourth-order valence-electron chi connectivity index (χ4n) is 1.29. The minimum Gasteiger partial charge on any atom is -0.480 e. The lowest BCUT2D eigenvalue weighted by Crippen LogP contribution is -2.54. The molecule has 0 aliphatic carbocycles. The Morgan fingerprint density at radius 3 is 2.83 bits per heavy atom. The molecule has 66 valence electrons. The van der Waals surface area contributed by atoms with Gasteiger partial charge in [-0.05, 0) is 6.44 Å². The first kappa shape index (κ1) is 9.97. The third kappa shape index (κ3) is 2.19. The summed E-state index contributed by atoms with van der Waals surface area (Å²) in [6.45, 7) is 2.10. The molecular weight excluding hydrogens is 174 g/mol. The lowest BCUT2D eigenvalue weighted by atomic mass is 10.1. The van der Waals surface area contributed by atoms with E-state index in [1.807, 2.05) is 4.67 Å². The van der Waals surface area contributed by atoms with Crippen LogP contribution in [0.5, 0.6) is 0 Å². The van der Waals surface area contributed by atoms with Crippen molar-refractivity contribution in [2.75, 3.05) is 26.1 Å². The number of rotatable bonds is 2. The molecule has 0 bridgehead atoms. The van der Waals surface area contributed by atoms with Crippen LogP contribution in [0.15, 0.2) is 0 Å². The predicted octanol–water partition coefficient (Wildman–Crippen LogP) is -1.03. The molecule has 0 spiro atoms. The van der Waals surface area contributed by atoms with Crippen LogP contribution in [0.2, 0.25) is 0 Å². The molecule has 1 N–H and O–H groups in total. The fourth-order valence-corrected chi connectivity index (χ4v) is 1.61. The van der Waals surface area contributed by atoms with E-state index in [2.05, 4.69) is 9.39 Å². The van der Waals surface area contributed by atoms with Crippen molar-refractivity contribution in [1.82, 2.24) is 9.57 Å². The first-order chi connectivity index (χ1) is 5.65. The van der Waals surface area contributed by atoms with Gasteiger partial charge in [-0.1, -0.05) is 9.39 Å². The number of carboxylic acids is 1. The normalized spacial score (nSPS) is 27.2. The second-order valence-corrected chi connectivity index (χ2v) is 3.57. The molecule has 1 rings (SSSR count). The van der Waals surface area contributed by atoms with Crippen LogP contribution < -0.4 is 0 Å². The van der Waals surface area contributed by atoms with Crippen molar-refractivity contribution in [2.24, 2.45) is 0 Å². The van der Waals surface area contributed by atoms with Crippen molar-refractivity contribution in [1.29, 1.82) is 0 Å². The molecule has 1 fully saturated rings. The van der Waals surface area contributed by atoms with Gasteiger partial charge in [-0.3, -0.25) is 14.4 Å². The van der Waals surface area contributed by atoms with Gasteiger partial charge >= 0.3 is 5.97 Å². The number of nitrogens with zero attached hydrogens (tertiary/aromatic N) is 2. The van der Waals surface area contributed by atoms with Crippen LogP contribution >= 0.6 is 9.39 Å². The van der Waals surface area contributed by atoms with Gasteiger partial charge in [0.1, 0.15) is 6.04 Å². The smallest absolute Gasteiger partial charge is 0.322 e. The molecule has 2 unspecified atom stereocenters. The van der Waals surface area contributed by atoms with Gasteiger partial charge < -0.3 is 5.11 Å². The Balaban J connectivity index is 2.58. The molecule has 0 aromatic rings. The van der Waals surface area contributed by atoms with Gasteiger partial charge in [0.25, 0.3) is 0 Å². The predicted molar refractivity (Wildman–Crippen MR) is 50.0 cm³/mol. The molecule has 12 heavy (non-hydrogen) atoms. The van der Waals surface area contributed by atoms with Crippen molar-refractivity contribution in [2.45, 2.75) is 6.04 Å². The van der Waals surface area contributed by atoms with Crippen LogP contribution in [-0.4, -0.2) is 60.6 Å². The molecule has 2 atom stereocenters. The van der Waals surface area contributed by atoms with Gasteiger partial charge in [-0.2, -0.15) is 0 Å². The summed E-state index contributed by atoms with van der Waals surface area (Å²) in [5.41, 5.74) is 0. The molecule has 6 heteroatoms. The molecule has 0 aromatic carbocycles. The molecule has 0 amide bonds. The van der Waals surface area contributed by atoms with E-state index in [0.717, 1.165) is 13.1 Å². The quantitative estimate of drug-likeness (QED) is 0.442. The summed E-state index contributed by atoms with van der Waals surface area (Å²) in [6, 6.07) is -0.457. The van der Waals surface area contributed by atoms with E-state index in [1.165, 1.54) is 0 Å². The average molecular weight is 186 g/mol. The average Bonchev–Trinajstić information content (AvgIpc) is 2.04. The highest BCUT2D eigenvalue weighted by atomic mass is 31.0. The molecule has 0 saturated carbocycles.